The van der Waals surface area contributed by atoms with Crippen molar-refractivity contribution in [1.29, 1.82) is 0 Å². The van der Waals surface area contributed by atoms with Crippen LogP contribution in [0.15, 0.2) is 6.07 Å². The van der Waals surface area contributed by atoms with Gasteiger partial charge >= 0.3 is 0 Å². The van der Waals surface area contributed by atoms with Crippen molar-refractivity contribution in [2.45, 2.75) is 25.8 Å². The molecule has 0 aliphatic heterocycles. The monoisotopic (exact) mass is 227 g/mol. The molecule has 82 valence electrons. The third-order valence-corrected chi connectivity index (χ3v) is 2.72. The number of hydrogen-bond donors (Lipinski definition) is 2. The Hall–Kier alpha value is -0.870. The molecule has 1 saturated carbocycles. The molecule has 1 aliphatic carbocycles. The standard InChI is InChI=1S/C10H14ClN3O/c1-6-4-9(14-10(11)12-6)13-8(5-15)7-2-3-7/h4,7-8,15H,2-3,5H2,1H3,(H,12,13,14). The van der Waals surface area contributed by atoms with Crippen LogP contribution in [-0.4, -0.2) is 27.7 Å². The van der Waals surface area contributed by atoms with E-state index in [0.29, 0.717) is 11.7 Å². The van der Waals surface area contributed by atoms with Crippen molar-refractivity contribution in [3.8, 4) is 0 Å². The Balaban J connectivity index is 2.08. The highest BCUT2D eigenvalue weighted by atomic mass is 35.5. The Morgan fingerprint density at radius 1 is 1.60 bits per heavy atom. The highest BCUT2D eigenvalue weighted by molar-refractivity contribution is 6.28. The number of nitrogens with zero attached hydrogens (tertiary/aromatic N) is 2. The second kappa shape index (κ2) is 4.33. The molecule has 0 aromatic carbocycles. The summed E-state index contributed by atoms with van der Waals surface area (Å²) >= 11 is 5.75. The van der Waals surface area contributed by atoms with Crippen molar-refractivity contribution < 1.29 is 5.11 Å². The first-order chi connectivity index (χ1) is 7.19. The summed E-state index contributed by atoms with van der Waals surface area (Å²) in [4.78, 5) is 8.04. The van der Waals surface area contributed by atoms with Gasteiger partial charge in [-0.05, 0) is 37.3 Å². The summed E-state index contributed by atoms with van der Waals surface area (Å²) in [7, 11) is 0. The lowest BCUT2D eigenvalue weighted by atomic mass is 10.2. The topological polar surface area (TPSA) is 58.0 Å². The third kappa shape index (κ3) is 2.79. The zero-order valence-electron chi connectivity index (χ0n) is 8.57. The van der Waals surface area contributed by atoms with Gasteiger partial charge < -0.3 is 10.4 Å². The van der Waals surface area contributed by atoms with Crippen molar-refractivity contribution in [3.05, 3.63) is 17.0 Å². The molecule has 1 aliphatic rings. The van der Waals surface area contributed by atoms with Gasteiger partial charge in [0.15, 0.2) is 0 Å². The van der Waals surface area contributed by atoms with Crippen molar-refractivity contribution in [2.24, 2.45) is 5.92 Å². The summed E-state index contributed by atoms with van der Waals surface area (Å²) < 4.78 is 0. The van der Waals surface area contributed by atoms with Gasteiger partial charge in [-0.25, -0.2) is 9.97 Å². The molecule has 0 radical (unpaired) electrons. The lowest BCUT2D eigenvalue weighted by molar-refractivity contribution is 0.263. The van der Waals surface area contributed by atoms with E-state index in [1.807, 2.05) is 13.0 Å². The lowest BCUT2D eigenvalue weighted by Crippen LogP contribution is -2.26. The minimum Gasteiger partial charge on any atom is -0.394 e. The van der Waals surface area contributed by atoms with Crippen LogP contribution >= 0.6 is 11.6 Å². The van der Waals surface area contributed by atoms with Gasteiger partial charge in [0.1, 0.15) is 5.82 Å². The number of rotatable bonds is 4. The Bertz CT molecular complexity index is 334. The van der Waals surface area contributed by atoms with Crippen LogP contribution in [0.1, 0.15) is 18.5 Å². The molecule has 15 heavy (non-hydrogen) atoms. The van der Waals surface area contributed by atoms with E-state index in [1.165, 1.54) is 12.8 Å². The molecule has 0 saturated heterocycles. The van der Waals surface area contributed by atoms with Gasteiger partial charge in [-0.1, -0.05) is 0 Å². The fourth-order valence-corrected chi connectivity index (χ4v) is 1.83. The Morgan fingerprint density at radius 3 is 2.87 bits per heavy atom. The number of aryl methyl sites for hydroxylation is 1. The van der Waals surface area contributed by atoms with E-state index in [1.54, 1.807) is 0 Å². The van der Waals surface area contributed by atoms with E-state index in [0.717, 1.165) is 5.69 Å². The Labute approximate surface area is 93.7 Å². The zero-order chi connectivity index (χ0) is 10.8. The van der Waals surface area contributed by atoms with Crippen LogP contribution in [0.25, 0.3) is 0 Å². The van der Waals surface area contributed by atoms with Crippen LogP contribution in [0.5, 0.6) is 0 Å². The van der Waals surface area contributed by atoms with E-state index in [-0.39, 0.29) is 17.9 Å². The van der Waals surface area contributed by atoms with E-state index in [4.69, 9.17) is 11.6 Å². The molecular weight excluding hydrogens is 214 g/mol. The smallest absolute Gasteiger partial charge is 0.224 e. The quantitative estimate of drug-likeness (QED) is 0.768. The summed E-state index contributed by atoms with van der Waals surface area (Å²) in [6, 6.07) is 1.92. The number of halogens is 1. The molecule has 2 N–H and O–H groups in total. The maximum Gasteiger partial charge on any atom is 0.224 e. The van der Waals surface area contributed by atoms with E-state index in [9.17, 15) is 5.11 Å². The molecule has 1 aromatic heterocycles. The summed E-state index contributed by atoms with van der Waals surface area (Å²) in [5.74, 6) is 1.27. The van der Waals surface area contributed by atoms with E-state index < -0.39 is 0 Å². The minimum atomic E-state index is 0.0929. The molecule has 1 unspecified atom stereocenters. The molecule has 2 rings (SSSR count). The molecule has 1 aromatic rings. The number of nitrogens with one attached hydrogen (secondary N) is 1. The van der Waals surface area contributed by atoms with Gasteiger partial charge in [0, 0.05) is 11.8 Å². The summed E-state index contributed by atoms with van der Waals surface area (Å²) in [6.45, 7) is 2.00. The average Bonchev–Trinajstić information content (AvgIpc) is 2.95. The molecule has 1 fully saturated rings. The second-order valence-electron chi connectivity index (χ2n) is 3.93. The zero-order valence-corrected chi connectivity index (χ0v) is 9.33. The Morgan fingerprint density at radius 2 is 2.33 bits per heavy atom. The number of anilines is 1. The van der Waals surface area contributed by atoms with E-state index in [2.05, 4.69) is 15.3 Å². The van der Waals surface area contributed by atoms with Crippen LogP contribution in [0.2, 0.25) is 5.28 Å². The van der Waals surface area contributed by atoms with Gasteiger partial charge in [-0.2, -0.15) is 0 Å². The van der Waals surface area contributed by atoms with Crippen molar-refractivity contribution in [1.82, 2.24) is 9.97 Å². The van der Waals surface area contributed by atoms with Gasteiger partial charge in [-0.15, -0.1) is 0 Å². The molecule has 4 nitrogen and oxygen atoms in total. The van der Waals surface area contributed by atoms with Crippen LogP contribution in [0, 0.1) is 12.8 Å². The third-order valence-electron chi connectivity index (χ3n) is 2.55. The van der Waals surface area contributed by atoms with Crippen molar-refractivity contribution >= 4 is 17.4 Å². The fraction of sp³-hybridized carbons (Fsp3) is 0.600. The number of aliphatic hydroxyl groups is 1. The maximum absolute atomic E-state index is 9.20. The maximum atomic E-state index is 9.20. The van der Waals surface area contributed by atoms with Gasteiger partial charge in [-0.3, -0.25) is 0 Å². The average molecular weight is 228 g/mol. The number of aromatic nitrogens is 2. The minimum absolute atomic E-state index is 0.0929. The fourth-order valence-electron chi connectivity index (χ4n) is 1.61. The summed E-state index contributed by atoms with van der Waals surface area (Å²) in [5, 5.41) is 12.6. The van der Waals surface area contributed by atoms with Crippen molar-refractivity contribution in [3.63, 3.8) is 0 Å². The number of aliphatic hydroxyl groups excluding tert-OH is 1. The normalized spacial score (nSPS) is 17.5. The molecule has 1 heterocycles. The van der Waals surface area contributed by atoms with Crippen LogP contribution < -0.4 is 5.32 Å². The summed E-state index contributed by atoms with van der Waals surface area (Å²) in [6.07, 6.45) is 2.35. The molecule has 0 spiro atoms. The number of hydrogen-bond acceptors (Lipinski definition) is 4. The van der Waals surface area contributed by atoms with Crippen LogP contribution in [0.3, 0.4) is 0 Å². The Kier molecular flexibility index (Phi) is 3.07. The summed E-state index contributed by atoms with van der Waals surface area (Å²) in [5.41, 5.74) is 0.824. The van der Waals surface area contributed by atoms with Gasteiger partial charge in [0.05, 0.1) is 12.6 Å². The molecule has 5 heteroatoms. The van der Waals surface area contributed by atoms with E-state index >= 15 is 0 Å². The van der Waals surface area contributed by atoms with Gasteiger partial charge in [0.2, 0.25) is 5.28 Å². The van der Waals surface area contributed by atoms with Crippen LogP contribution in [0.4, 0.5) is 5.82 Å². The molecule has 0 bridgehead atoms. The predicted molar refractivity (Wildman–Crippen MR) is 59.0 cm³/mol. The molecule has 0 amide bonds. The lowest BCUT2D eigenvalue weighted by Gasteiger charge is -2.16. The SMILES string of the molecule is Cc1cc(NC(CO)C2CC2)nc(Cl)n1. The van der Waals surface area contributed by atoms with Crippen molar-refractivity contribution in [2.75, 3.05) is 11.9 Å². The predicted octanol–water partition coefficient (Wildman–Crippen LogP) is 1.62. The molecular formula is C10H14ClN3O. The molecule has 1 atom stereocenters. The highest BCUT2D eigenvalue weighted by Crippen LogP contribution is 2.33. The van der Waals surface area contributed by atoms with Gasteiger partial charge in [0.25, 0.3) is 0 Å². The first-order valence-electron chi connectivity index (χ1n) is 5.07. The highest BCUT2D eigenvalue weighted by Gasteiger charge is 2.30. The largest absolute Gasteiger partial charge is 0.394 e. The first-order valence-corrected chi connectivity index (χ1v) is 5.45. The first kappa shape index (κ1) is 10.6. The second-order valence-corrected chi connectivity index (χ2v) is 4.27. The van der Waals surface area contributed by atoms with Crippen LogP contribution in [-0.2, 0) is 0 Å².